The van der Waals surface area contributed by atoms with Crippen molar-refractivity contribution >= 4 is 23.4 Å². The zero-order valence-corrected chi connectivity index (χ0v) is 12.1. The van der Waals surface area contributed by atoms with E-state index in [0.29, 0.717) is 19.5 Å². The van der Waals surface area contributed by atoms with Gasteiger partial charge in [0.05, 0.1) is 12.6 Å². The molecular weight excluding hydrogens is 284 g/mol. The Balaban J connectivity index is 1.80. The van der Waals surface area contributed by atoms with E-state index in [1.54, 1.807) is 0 Å². The van der Waals surface area contributed by atoms with Crippen molar-refractivity contribution in [3.8, 4) is 0 Å². The molecule has 7 heteroatoms. The second-order valence-electron chi connectivity index (χ2n) is 5.53. The molecule has 1 aromatic rings. The first-order chi connectivity index (χ1) is 10.6. The van der Waals surface area contributed by atoms with Crippen molar-refractivity contribution in [1.29, 1.82) is 0 Å². The van der Waals surface area contributed by atoms with E-state index in [1.807, 2.05) is 24.3 Å². The Labute approximate surface area is 128 Å². The molecule has 0 saturated carbocycles. The third-order valence-corrected chi connectivity index (χ3v) is 3.99. The zero-order valence-electron chi connectivity index (χ0n) is 12.1. The highest BCUT2D eigenvalue weighted by Gasteiger charge is 2.33. The fourth-order valence-corrected chi connectivity index (χ4v) is 2.84. The summed E-state index contributed by atoms with van der Waals surface area (Å²) in [5.41, 5.74) is 7.56. The van der Waals surface area contributed by atoms with Crippen LogP contribution >= 0.6 is 0 Å². The van der Waals surface area contributed by atoms with Crippen LogP contribution < -0.4 is 16.0 Å². The molecule has 2 aliphatic rings. The number of nitrogens with one attached hydrogen (secondary N) is 1. The summed E-state index contributed by atoms with van der Waals surface area (Å²) in [4.78, 5) is 39.0. The summed E-state index contributed by atoms with van der Waals surface area (Å²) in [6.07, 6.45) is 0.478. The Hall–Kier alpha value is -2.41. The van der Waals surface area contributed by atoms with Crippen LogP contribution in [0.15, 0.2) is 24.3 Å². The highest BCUT2D eigenvalue weighted by Crippen LogP contribution is 2.27. The smallest absolute Gasteiger partial charge is 0.244 e. The zero-order chi connectivity index (χ0) is 15.7. The molecule has 1 aromatic carbocycles. The number of benzene rings is 1. The summed E-state index contributed by atoms with van der Waals surface area (Å²) in [5, 5.41) is 2.67. The minimum absolute atomic E-state index is 0.0363. The van der Waals surface area contributed by atoms with Gasteiger partial charge in [-0.3, -0.25) is 14.4 Å². The molecule has 3 rings (SSSR count). The van der Waals surface area contributed by atoms with E-state index in [2.05, 4.69) is 5.32 Å². The van der Waals surface area contributed by atoms with Crippen molar-refractivity contribution in [3.05, 3.63) is 29.8 Å². The number of para-hydroxylation sites is 1. The van der Waals surface area contributed by atoms with Crippen molar-refractivity contribution in [1.82, 2.24) is 10.2 Å². The number of carbonyl (C=O) groups excluding carboxylic acids is 3. The Kier molecular flexibility index (Phi) is 3.81. The van der Waals surface area contributed by atoms with Gasteiger partial charge in [0.1, 0.15) is 6.54 Å². The predicted molar refractivity (Wildman–Crippen MR) is 80.1 cm³/mol. The predicted octanol–water partition coefficient (Wildman–Crippen LogP) is -1.14. The fraction of sp³-hybridized carbons (Fsp3) is 0.400. The molecule has 0 aliphatic carbocycles. The number of hydrogen-bond donors (Lipinski definition) is 2. The quantitative estimate of drug-likeness (QED) is 0.722. The fourth-order valence-electron chi connectivity index (χ4n) is 2.84. The lowest BCUT2D eigenvalue weighted by molar-refractivity contribution is -0.137. The summed E-state index contributed by atoms with van der Waals surface area (Å²) in [7, 11) is 0. The molecule has 22 heavy (non-hydrogen) atoms. The second-order valence-corrected chi connectivity index (χ2v) is 5.53. The second kappa shape index (κ2) is 5.76. The molecule has 0 aromatic heterocycles. The van der Waals surface area contributed by atoms with Gasteiger partial charge >= 0.3 is 0 Å². The summed E-state index contributed by atoms with van der Waals surface area (Å²) in [5.74, 6) is -0.678. The van der Waals surface area contributed by atoms with Crippen LogP contribution in [0.25, 0.3) is 0 Å². The molecule has 116 valence electrons. The van der Waals surface area contributed by atoms with Crippen molar-refractivity contribution in [2.75, 3.05) is 31.1 Å². The first kappa shape index (κ1) is 14.5. The Morgan fingerprint density at radius 1 is 1.32 bits per heavy atom. The van der Waals surface area contributed by atoms with Crippen molar-refractivity contribution < 1.29 is 14.4 Å². The first-order valence-corrected chi connectivity index (χ1v) is 7.25. The highest BCUT2D eigenvalue weighted by atomic mass is 16.2. The molecular formula is C15H18N4O3. The van der Waals surface area contributed by atoms with Crippen molar-refractivity contribution in [3.63, 3.8) is 0 Å². The van der Waals surface area contributed by atoms with E-state index < -0.39 is 6.04 Å². The minimum atomic E-state index is -0.632. The van der Waals surface area contributed by atoms with E-state index in [-0.39, 0.29) is 30.8 Å². The lowest BCUT2D eigenvalue weighted by Gasteiger charge is -2.34. The van der Waals surface area contributed by atoms with Gasteiger partial charge in [0.15, 0.2) is 0 Å². The summed E-state index contributed by atoms with van der Waals surface area (Å²) < 4.78 is 0. The monoisotopic (exact) mass is 302 g/mol. The van der Waals surface area contributed by atoms with Crippen molar-refractivity contribution in [2.45, 2.75) is 12.5 Å². The molecule has 1 saturated heterocycles. The molecule has 1 fully saturated rings. The van der Waals surface area contributed by atoms with E-state index in [4.69, 9.17) is 5.73 Å². The number of anilines is 1. The summed E-state index contributed by atoms with van der Waals surface area (Å²) in [6, 6.07) is 6.81. The number of hydrogen-bond acceptors (Lipinski definition) is 4. The van der Waals surface area contributed by atoms with Gasteiger partial charge in [-0.25, -0.2) is 0 Å². The van der Waals surface area contributed by atoms with Gasteiger partial charge in [-0.05, 0) is 18.1 Å². The SMILES string of the molecule is NC1Cc2ccccc2N(CC(=O)N2CCNC(=O)C2)C1=O. The first-order valence-electron chi connectivity index (χ1n) is 7.25. The van der Waals surface area contributed by atoms with E-state index in [1.165, 1.54) is 9.80 Å². The number of rotatable bonds is 2. The van der Waals surface area contributed by atoms with Gasteiger partial charge in [-0.15, -0.1) is 0 Å². The van der Waals surface area contributed by atoms with Crippen LogP contribution in [0.5, 0.6) is 0 Å². The van der Waals surface area contributed by atoms with Crippen molar-refractivity contribution in [2.24, 2.45) is 5.73 Å². The van der Waals surface area contributed by atoms with Gasteiger partial charge in [-0.2, -0.15) is 0 Å². The molecule has 3 amide bonds. The topological polar surface area (TPSA) is 95.7 Å². The highest BCUT2D eigenvalue weighted by molar-refractivity contribution is 6.04. The molecule has 1 unspecified atom stereocenters. The van der Waals surface area contributed by atoms with Gasteiger partial charge in [0.25, 0.3) is 0 Å². The maximum atomic E-state index is 12.4. The van der Waals surface area contributed by atoms with Gasteiger partial charge < -0.3 is 20.9 Å². The van der Waals surface area contributed by atoms with Crippen LogP contribution in [0.1, 0.15) is 5.56 Å². The average molecular weight is 302 g/mol. The third kappa shape index (κ3) is 2.67. The normalized spacial score (nSPS) is 21.4. The maximum Gasteiger partial charge on any atom is 0.244 e. The van der Waals surface area contributed by atoms with Gasteiger partial charge in [-0.1, -0.05) is 18.2 Å². The van der Waals surface area contributed by atoms with Crippen LogP contribution in [0.2, 0.25) is 0 Å². The van der Waals surface area contributed by atoms with E-state index in [0.717, 1.165) is 11.3 Å². The molecule has 0 bridgehead atoms. The number of piperazine rings is 1. The number of carbonyl (C=O) groups is 3. The Bertz CT molecular complexity index is 631. The summed E-state index contributed by atoms with van der Waals surface area (Å²) >= 11 is 0. The largest absolute Gasteiger partial charge is 0.353 e. The molecule has 2 aliphatic heterocycles. The Morgan fingerprint density at radius 2 is 2.09 bits per heavy atom. The lowest BCUT2D eigenvalue weighted by atomic mass is 9.97. The molecule has 3 N–H and O–H groups in total. The maximum absolute atomic E-state index is 12.4. The van der Waals surface area contributed by atoms with Gasteiger partial charge in [0, 0.05) is 18.8 Å². The van der Waals surface area contributed by atoms with Gasteiger partial charge in [0.2, 0.25) is 17.7 Å². The van der Waals surface area contributed by atoms with E-state index >= 15 is 0 Å². The van der Waals surface area contributed by atoms with Crippen LogP contribution in [-0.4, -0.2) is 54.8 Å². The number of amides is 3. The van der Waals surface area contributed by atoms with Crippen LogP contribution in [0.4, 0.5) is 5.69 Å². The molecule has 0 radical (unpaired) electrons. The van der Waals surface area contributed by atoms with Crippen LogP contribution in [0, 0.1) is 0 Å². The Morgan fingerprint density at radius 3 is 2.86 bits per heavy atom. The third-order valence-electron chi connectivity index (χ3n) is 3.99. The van der Waals surface area contributed by atoms with E-state index in [9.17, 15) is 14.4 Å². The molecule has 0 spiro atoms. The molecule has 1 atom stereocenters. The summed E-state index contributed by atoms with van der Waals surface area (Å²) in [6.45, 7) is 0.848. The molecule has 7 nitrogen and oxygen atoms in total. The minimum Gasteiger partial charge on any atom is -0.353 e. The number of nitrogens with two attached hydrogens (primary N) is 1. The lowest BCUT2D eigenvalue weighted by Crippen LogP contribution is -2.55. The number of nitrogens with zero attached hydrogens (tertiary/aromatic N) is 2. The standard InChI is InChI=1S/C15H18N4O3/c16-11-7-10-3-1-2-4-12(10)19(15(11)22)9-14(21)18-6-5-17-13(20)8-18/h1-4,11H,5-9,16H2,(H,17,20). The number of fused-ring (bicyclic) bond motifs is 1. The van der Waals surface area contributed by atoms with Crippen LogP contribution in [-0.2, 0) is 20.8 Å². The van der Waals surface area contributed by atoms with Crippen LogP contribution in [0.3, 0.4) is 0 Å². The average Bonchev–Trinajstić information content (AvgIpc) is 2.51. The molecule has 2 heterocycles.